The summed E-state index contributed by atoms with van der Waals surface area (Å²) in [7, 11) is 1.81. The van der Waals surface area contributed by atoms with E-state index in [-0.39, 0.29) is 18.5 Å². The van der Waals surface area contributed by atoms with Crippen molar-refractivity contribution in [3.8, 4) is 11.5 Å². The average Bonchev–Trinajstić information content (AvgIpc) is 3.26. The summed E-state index contributed by atoms with van der Waals surface area (Å²) < 4.78 is 25.2. The van der Waals surface area contributed by atoms with Crippen molar-refractivity contribution in [3.05, 3.63) is 46.9 Å². The van der Waals surface area contributed by atoms with Crippen molar-refractivity contribution in [1.82, 2.24) is 10.3 Å². The van der Waals surface area contributed by atoms with Crippen molar-refractivity contribution < 1.29 is 18.7 Å². The standard InChI is InChI=1S/C20H19ClFN3O3/c1-11(26)23-4-3-12-9-24-20-14(12)5-13(22)6-17(20)25(2)16-8-19-18(7-15(16)21)27-10-28-19/h5-9,24H,3-4,10H2,1-2H3,(H,23,26). The molecule has 4 rings (SSSR count). The summed E-state index contributed by atoms with van der Waals surface area (Å²) >= 11 is 6.43. The zero-order valence-corrected chi connectivity index (χ0v) is 16.2. The summed E-state index contributed by atoms with van der Waals surface area (Å²) in [5.41, 5.74) is 3.03. The van der Waals surface area contributed by atoms with Crippen LogP contribution in [-0.4, -0.2) is 31.3 Å². The van der Waals surface area contributed by atoms with Crippen LogP contribution in [0.2, 0.25) is 5.02 Å². The van der Waals surface area contributed by atoms with Crippen LogP contribution >= 0.6 is 11.6 Å². The molecule has 1 aromatic heterocycles. The minimum absolute atomic E-state index is 0.0936. The van der Waals surface area contributed by atoms with Crippen LogP contribution in [0.3, 0.4) is 0 Å². The molecule has 146 valence electrons. The molecule has 1 aliphatic rings. The highest BCUT2D eigenvalue weighted by Crippen LogP contribution is 2.43. The lowest BCUT2D eigenvalue weighted by atomic mass is 10.1. The first kappa shape index (κ1) is 18.4. The predicted molar refractivity (Wildman–Crippen MR) is 106 cm³/mol. The Morgan fingerprint density at radius 3 is 2.75 bits per heavy atom. The minimum Gasteiger partial charge on any atom is -0.454 e. The number of amides is 1. The maximum Gasteiger partial charge on any atom is 0.231 e. The summed E-state index contributed by atoms with van der Waals surface area (Å²) in [5.74, 6) is 0.739. The smallest absolute Gasteiger partial charge is 0.231 e. The Labute approximate surface area is 166 Å². The van der Waals surface area contributed by atoms with Gasteiger partial charge >= 0.3 is 0 Å². The van der Waals surface area contributed by atoms with Crippen molar-refractivity contribution in [1.29, 1.82) is 0 Å². The molecule has 0 atom stereocenters. The Kier molecular flexibility index (Phi) is 4.77. The Hall–Kier alpha value is -2.93. The third-order valence-corrected chi connectivity index (χ3v) is 5.05. The predicted octanol–water partition coefficient (Wildman–Crippen LogP) is 4.14. The van der Waals surface area contributed by atoms with Gasteiger partial charge in [0.25, 0.3) is 0 Å². The summed E-state index contributed by atoms with van der Waals surface area (Å²) in [4.78, 5) is 16.1. The molecule has 2 aromatic carbocycles. The van der Waals surface area contributed by atoms with Gasteiger partial charge in [0.15, 0.2) is 11.5 Å². The number of aromatic nitrogens is 1. The van der Waals surface area contributed by atoms with Crippen LogP contribution < -0.4 is 19.7 Å². The normalized spacial score (nSPS) is 12.4. The number of hydrogen-bond donors (Lipinski definition) is 2. The third-order valence-electron chi connectivity index (χ3n) is 4.75. The van der Waals surface area contributed by atoms with E-state index < -0.39 is 0 Å². The number of hydrogen-bond acceptors (Lipinski definition) is 4. The second-order valence-electron chi connectivity index (χ2n) is 6.61. The van der Waals surface area contributed by atoms with Crippen LogP contribution in [0.15, 0.2) is 30.5 Å². The van der Waals surface area contributed by atoms with Gasteiger partial charge in [0.05, 0.1) is 21.9 Å². The largest absolute Gasteiger partial charge is 0.454 e. The van der Waals surface area contributed by atoms with Crippen LogP contribution in [0.1, 0.15) is 12.5 Å². The molecular weight excluding hydrogens is 385 g/mol. The SMILES string of the molecule is CC(=O)NCCc1c[nH]c2c(N(C)c3cc4c(cc3Cl)OCO4)cc(F)cc12. The molecule has 3 aromatic rings. The van der Waals surface area contributed by atoms with Crippen LogP contribution in [0.5, 0.6) is 11.5 Å². The quantitative estimate of drug-likeness (QED) is 0.672. The van der Waals surface area contributed by atoms with E-state index in [0.29, 0.717) is 40.9 Å². The highest BCUT2D eigenvalue weighted by atomic mass is 35.5. The van der Waals surface area contributed by atoms with Gasteiger partial charge in [0.1, 0.15) is 5.82 Å². The van der Waals surface area contributed by atoms with Gasteiger partial charge in [-0.2, -0.15) is 0 Å². The molecule has 0 unspecified atom stereocenters. The Bertz CT molecular complexity index is 1070. The molecule has 0 aliphatic carbocycles. The lowest BCUT2D eigenvalue weighted by Gasteiger charge is -2.22. The molecular formula is C20H19ClFN3O3. The fraction of sp³-hybridized carbons (Fsp3) is 0.250. The molecule has 0 saturated heterocycles. The second-order valence-corrected chi connectivity index (χ2v) is 7.02. The number of H-pyrrole nitrogens is 1. The number of anilines is 2. The maximum atomic E-state index is 14.4. The highest BCUT2D eigenvalue weighted by Gasteiger charge is 2.21. The monoisotopic (exact) mass is 403 g/mol. The van der Waals surface area contributed by atoms with Gasteiger partial charge in [-0.1, -0.05) is 11.6 Å². The van der Waals surface area contributed by atoms with E-state index in [0.717, 1.165) is 16.5 Å². The van der Waals surface area contributed by atoms with Crippen molar-refractivity contribution in [2.75, 3.05) is 25.3 Å². The van der Waals surface area contributed by atoms with Crippen molar-refractivity contribution in [2.45, 2.75) is 13.3 Å². The molecule has 1 aliphatic heterocycles. The summed E-state index contributed by atoms with van der Waals surface area (Å²) in [6, 6.07) is 6.42. The van der Waals surface area contributed by atoms with Gasteiger partial charge in [-0.05, 0) is 24.1 Å². The molecule has 28 heavy (non-hydrogen) atoms. The number of nitrogens with one attached hydrogen (secondary N) is 2. The maximum absolute atomic E-state index is 14.4. The molecule has 0 bridgehead atoms. The van der Waals surface area contributed by atoms with E-state index in [9.17, 15) is 9.18 Å². The summed E-state index contributed by atoms with van der Waals surface area (Å²) in [5, 5.41) is 4.00. The third kappa shape index (κ3) is 3.33. The van der Waals surface area contributed by atoms with Crippen LogP contribution in [0.4, 0.5) is 15.8 Å². The van der Waals surface area contributed by atoms with E-state index >= 15 is 0 Å². The number of halogens is 2. The number of benzene rings is 2. The second kappa shape index (κ2) is 7.24. The zero-order valence-electron chi connectivity index (χ0n) is 15.4. The van der Waals surface area contributed by atoms with E-state index in [1.54, 1.807) is 12.1 Å². The number of aromatic amines is 1. The van der Waals surface area contributed by atoms with E-state index in [1.165, 1.54) is 19.1 Å². The molecule has 8 heteroatoms. The number of carbonyl (C=O) groups is 1. The number of nitrogens with zero attached hydrogens (tertiary/aromatic N) is 1. The van der Waals surface area contributed by atoms with Gasteiger partial charge in [-0.3, -0.25) is 4.79 Å². The lowest BCUT2D eigenvalue weighted by Crippen LogP contribution is -2.22. The van der Waals surface area contributed by atoms with E-state index in [1.807, 2.05) is 18.1 Å². The first-order valence-corrected chi connectivity index (χ1v) is 9.18. The Balaban J connectivity index is 1.72. The first-order valence-electron chi connectivity index (χ1n) is 8.81. The van der Waals surface area contributed by atoms with E-state index in [4.69, 9.17) is 21.1 Å². The molecule has 2 N–H and O–H groups in total. The fourth-order valence-corrected chi connectivity index (χ4v) is 3.65. The average molecular weight is 404 g/mol. The number of fused-ring (bicyclic) bond motifs is 2. The number of ether oxygens (including phenoxy) is 2. The van der Waals surface area contributed by atoms with Gasteiger partial charge in [-0.15, -0.1) is 0 Å². The number of carbonyl (C=O) groups excluding carboxylic acids is 1. The Morgan fingerprint density at radius 1 is 1.25 bits per heavy atom. The molecule has 6 nitrogen and oxygen atoms in total. The zero-order chi connectivity index (χ0) is 19.8. The molecule has 0 spiro atoms. The topological polar surface area (TPSA) is 66.6 Å². The molecule has 1 amide bonds. The fourth-order valence-electron chi connectivity index (χ4n) is 3.37. The van der Waals surface area contributed by atoms with Crippen molar-refractivity contribution in [3.63, 3.8) is 0 Å². The van der Waals surface area contributed by atoms with Gasteiger partial charge in [-0.25, -0.2) is 4.39 Å². The van der Waals surface area contributed by atoms with Gasteiger partial charge < -0.3 is 24.7 Å². The van der Waals surface area contributed by atoms with Gasteiger partial charge in [0, 0.05) is 44.2 Å². The van der Waals surface area contributed by atoms with Crippen LogP contribution in [0, 0.1) is 5.82 Å². The van der Waals surface area contributed by atoms with Crippen LogP contribution in [0.25, 0.3) is 10.9 Å². The van der Waals surface area contributed by atoms with Crippen LogP contribution in [-0.2, 0) is 11.2 Å². The summed E-state index contributed by atoms with van der Waals surface area (Å²) in [6.45, 7) is 2.10. The lowest BCUT2D eigenvalue weighted by molar-refractivity contribution is -0.118. The number of rotatable bonds is 5. The molecule has 0 fully saturated rings. The van der Waals surface area contributed by atoms with Crippen molar-refractivity contribution in [2.24, 2.45) is 0 Å². The minimum atomic E-state index is -0.355. The first-order chi connectivity index (χ1) is 13.4. The summed E-state index contributed by atoms with van der Waals surface area (Å²) in [6.07, 6.45) is 2.43. The highest BCUT2D eigenvalue weighted by molar-refractivity contribution is 6.33. The molecule has 2 heterocycles. The van der Waals surface area contributed by atoms with E-state index in [2.05, 4.69) is 10.3 Å². The molecule has 0 saturated carbocycles. The Morgan fingerprint density at radius 2 is 2.00 bits per heavy atom. The van der Waals surface area contributed by atoms with Gasteiger partial charge in [0.2, 0.25) is 12.7 Å². The van der Waals surface area contributed by atoms with Crippen molar-refractivity contribution >= 4 is 39.8 Å². The molecule has 0 radical (unpaired) electrons.